The highest BCUT2D eigenvalue weighted by Crippen LogP contribution is 2.32. The van der Waals surface area contributed by atoms with Crippen LogP contribution < -0.4 is 0 Å². The first kappa shape index (κ1) is 17.5. The molecule has 0 aliphatic carbocycles. The number of ketones is 1. The van der Waals surface area contributed by atoms with Crippen LogP contribution >= 0.6 is 11.3 Å². The van der Waals surface area contributed by atoms with Gasteiger partial charge in [-0.25, -0.2) is 4.39 Å². The second-order valence-electron chi connectivity index (χ2n) is 6.62. The molecule has 0 bridgehead atoms. The molecule has 4 rings (SSSR count). The van der Waals surface area contributed by atoms with Crippen molar-refractivity contribution in [3.63, 3.8) is 0 Å². The number of halogens is 1. The minimum atomic E-state index is -0.255. The van der Waals surface area contributed by atoms with E-state index < -0.39 is 0 Å². The average Bonchev–Trinajstić information content (AvgIpc) is 3.24. The van der Waals surface area contributed by atoms with Crippen molar-refractivity contribution in [2.75, 3.05) is 32.8 Å². The minimum absolute atomic E-state index is 0.205. The number of ether oxygens (including phenoxy) is 1. The van der Waals surface area contributed by atoms with Gasteiger partial charge in [-0.3, -0.25) is 14.7 Å². The predicted octanol–water partition coefficient (Wildman–Crippen LogP) is 3.53. The van der Waals surface area contributed by atoms with E-state index in [1.54, 1.807) is 12.1 Å². The third-order valence-corrected chi connectivity index (χ3v) is 6.03. The summed E-state index contributed by atoms with van der Waals surface area (Å²) in [6.45, 7) is 5.04. The summed E-state index contributed by atoms with van der Waals surface area (Å²) in [5, 5.41) is 0. The number of fused-ring (bicyclic) bond motifs is 1. The Labute approximate surface area is 156 Å². The Morgan fingerprint density at radius 3 is 2.77 bits per heavy atom. The van der Waals surface area contributed by atoms with E-state index in [0.29, 0.717) is 13.0 Å². The van der Waals surface area contributed by atoms with Crippen molar-refractivity contribution in [3.8, 4) is 0 Å². The number of Topliss-reactive ketones (excluding diaryl/α,β-unsaturated/α-hetero) is 1. The van der Waals surface area contributed by atoms with Gasteiger partial charge in [-0.15, -0.1) is 11.3 Å². The summed E-state index contributed by atoms with van der Waals surface area (Å²) in [5.74, 6) is -0.0500. The summed E-state index contributed by atoms with van der Waals surface area (Å²) in [5.41, 5.74) is 2.88. The maximum absolute atomic E-state index is 13.1. The van der Waals surface area contributed by atoms with Gasteiger partial charge in [0.25, 0.3) is 0 Å². The molecule has 0 amide bonds. The number of benzene rings is 1. The molecule has 1 aromatic heterocycles. The molecule has 136 valence electrons. The molecule has 26 heavy (non-hydrogen) atoms. The van der Waals surface area contributed by atoms with Gasteiger partial charge in [-0.2, -0.15) is 0 Å². The lowest BCUT2D eigenvalue weighted by atomic mass is 10.1. The second-order valence-corrected chi connectivity index (χ2v) is 7.67. The van der Waals surface area contributed by atoms with Gasteiger partial charge in [-0.1, -0.05) is 0 Å². The zero-order chi connectivity index (χ0) is 17.9. The number of morpholine rings is 1. The molecule has 0 unspecified atom stereocenters. The minimum Gasteiger partial charge on any atom is -0.379 e. The van der Waals surface area contributed by atoms with Gasteiger partial charge in [0.15, 0.2) is 5.78 Å². The van der Waals surface area contributed by atoms with Crippen LogP contribution in [-0.2, 0) is 11.3 Å². The van der Waals surface area contributed by atoms with Crippen molar-refractivity contribution >= 4 is 22.8 Å². The van der Waals surface area contributed by atoms with Crippen molar-refractivity contribution in [3.05, 3.63) is 57.0 Å². The van der Waals surface area contributed by atoms with Gasteiger partial charge < -0.3 is 4.74 Å². The van der Waals surface area contributed by atoms with Gasteiger partial charge >= 0.3 is 0 Å². The molecule has 2 aliphatic heterocycles. The lowest BCUT2D eigenvalue weighted by molar-refractivity contribution is 0.0371. The fourth-order valence-corrected chi connectivity index (χ4v) is 4.53. The summed E-state index contributed by atoms with van der Waals surface area (Å²) in [7, 11) is 0. The van der Waals surface area contributed by atoms with Crippen LogP contribution in [0.3, 0.4) is 0 Å². The smallest absolute Gasteiger partial charge is 0.172 e. The van der Waals surface area contributed by atoms with Crippen LogP contribution in [0.15, 0.2) is 35.3 Å². The molecule has 3 heterocycles. The Kier molecular flexibility index (Phi) is 5.24. The fourth-order valence-electron chi connectivity index (χ4n) is 3.36. The number of hydrogen-bond acceptors (Lipinski definition) is 5. The molecule has 1 fully saturated rings. The molecule has 0 radical (unpaired) electrons. The van der Waals surface area contributed by atoms with E-state index >= 15 is 0 Å². The van der Waals surface area contributed by atoms with Crippen LogP contribution in [0.1, 0.15) is 38.5 Å². The van der Waals surface area contributed by atoms with Gasteiger partial charge in [0.05, 0.1) is 35.2 Å². The third kappa shape index (κ3) is 3.77. The first-order valence-electron chi connectivity index (χ1n) is 8.97. The maximum atomic E-state index is 13.1. The Morgan fingerprint density at radius 1 is 1.23 bits per heavy atom. The molecule has 4 nitrogen and oxygen atoms in total. The van der Waals surface area contributed by atoms with E-state index in [1.807, 2.05) is 6.07 Å². The summed E-state index contributed by atoms with van der Waals surface area (Å²) >= 11 is 1.52. The summed E-state index contributed by atoms with van der Waals surface area (Å²) in [6, 6.07) is 8.36. The van der Waals surface area contributed by atoms with Crippen LogP contribution in [0.2, 0.25) is 0 Å². The zero-order valence-corrected chi connectivity index (χ0v) is 15.4. The predicted molar refractivity (Wildman–Crippen MR) is 101 cm³/mol. The first-order chi connectivity index (χ1) is 12.7. The molecule has 0 spiro atoms. The SMILES string of the molecule is O=C(CCCN1CCOCC1)c1cc2c(s1)C(c1ccc(F)cc1)=NC2. The highest BCUT2D eigenvalue weighted by atomic mass is 32.1. The summed E-state index contributed by atoms with van der Waals surface area (Å²) in [6.07, 6.45) is 1.44. The Balaban J connectivity index is 1.38. The largest absolute Gasteiger partial charge is 0.379 e. The van der Waals surface area contributed by atoms with Crippen LogP contribution in [0, 0.1) is 5.82 Å². The number of carbonyl (C=O) groups excluding carboxylic acids is 1. The summed E-state index contributed by atoms with van der Waals surface area (Å²) < 4.78 is 18.5. The zero-order valence-electron chi connectivity index (χ0n) is 14.5. The first-order valence-corrected chi connectivity index (χ1v) is 9.79. The van der Waals surface area contributed by atoms with E-state index in [1.165, 1.54) is 23.5 Å². The van der Waals surface area contributed by atoms with Crippen molar-refractivity contribution in [1.29, 1.82) is 0 Å². The molecular formula is C20H21FN2O2S. The molecule has 0 saturated carbocycles. The summed E-state index contributed by atoms with van der Waals surface area (Å²) in [4.78, 5) is 21.3. The highest BCUT2D eigenvalue weighted by molar-refractivity contribution is 7.16. The molecule has 0 atom stereocenters. The maximum Gasteiger partial charge on any atom is 0.172 e. The Morgan fingerprint density at radius 2 is 2.00 bits per heavy atom. The van der Waals surface area contributed by atoms with E-state index in [9.17, 15) is 9.18 Å². The van der Waals surface area contributed by atoms with Gasteiger partial charge in [0.1, 0.15) is 5.82 Å². The van der Waals surface area contributed by atoms with Crippen molar-refractivity contribution in [2.45, 2.75) is 19.4 Å². The van der Waals surface area contributed by atoms with Gasteiger partial charge in [-0.05, 0) is 48.9 Å². The molecule has 1 saturated heterocycles. The number of nitrogens with zero attached hydrogens (tertiary/aromatic N) is 2. The van der Waals surface area contributed by atoms with E-state index in [4.69, 9.17) is 4.74 Å². The number of rotatable bonds is 6. The topological polar surface area (TPSA) is 41.9 Å². The molecule has 1 aromatic carbocycles. The second kappa shape index (κ2) is 7.78. The molecule has 6 heteroatoms. The number of carbonyl (C=O) groups is 1. The van der Waals surface area contributed by atoms with Crippen molar-refractivity contribution in [2.24, 2.45) is 4.99 Å². The van der Waals surface area contributed by atoms with Crippen molar-refractivity contribution in [1.82, 2.24) is 4.90 Å². The average molecular weight is 372 g/mol. The van der Waals surface area contributed by atoms with Gasteiger partial charge in [0.2, 0.25) is 0 Å². The number of hydrogen-bond donors (Lipinski definition) is 0. The standard InChI is InChI=1S/C20H21FN2O2S/c21-16-5-3-14(4-6-16)19-20-15(13-22-19)12-18(26-20)17(24)2-1-7-23-8-10-25-11-9-23/h3-6,12H,1-2,7-11,13H2. The van der Waals surface area contributed by atoms with Crippen LogP contribution in [0.5, 0.6) is 0 Å². The lowest BCUT2D eigenvalue weighted by Gasteiger charge is -2.26. The number of thiophene rings is 1. The van der Waals surface area contributed by atoms with Crippen LogP contribution in [-0.4, -0.2) is 49.2 Å². The Hall–Kier alpha value is -1.89. The quantitative estimate of drug-likeness (QED) is 0.729. The molecule has 2 aromatic rings. The van der Waals surface area contributed by atoms with Gasteiger partial charge in [0, 0.05) is 25.1 Å². The van der Waals surface area contributed by atoms with E-state index in [0.717, 1.165) is 65.9 Å². The molecule has 0 N–H and O–H groups in total. The number of aliphatic imine (C=N–C) groups is 1. The lowest BCUT2D eigenvalue weighted by Crippen LogP contribution is -2.36. The monoisotopic (exact) mass is 372 g/mol. The third-order valence-electron chi connectivity index (χ3n) is 4.81. The fraction of sp³-hybridized carbons (Fsp3) is 0.400. The normalized spacial score (nSPS) is 17.2. The van der Waals surface area contributed by atoms with E-state index in [2.05, 4.69) is 9.89 Å². The molecule has 2 aliphatic rings. The Bertz CT molecular complexity index is 823. The van der Waals surface area contributed by atoms with E-state index in [-0.39, 0.29) is 11.6 Å². The van der Waals surface area contributed by atoms with Crippen molar-refractivity contribution < 1.29 is 13.9 Å². The highest BCUT2D eigenvalue weighted by Gasteiger charge is 2.23. The van der Waals surface area contributed by atoms with Crippen LogP contribution in [0.4, 0.5) is 4.39 Å². The molecular weight excluding hydrogens is 351 g/mol. The van der Waals surface area contributed by atoms with Crippen LogP contribution in [0.25, 0.3) is 0 Å².